The molecule has 0 spiro atoms. The lowest BCUT2D eigenvalue weighted by Crippen LogP contribution is -2.35. The van der Waals surface area contributed by atoms with Gasteiger partial charge in [-0.3, -0.25) is 0 Å². The third-order valence-corrected chi connectivity index (χ3v) is 7.17. The molecule has 0 amide bonds. The molecule has 0 saturated heterocycles. The van der Waals surface area contributed by atoms with E-state index in [0.717, 1.165) is 24.0 Å². The summed E-state index contributed by atoms with van der Waals surface area (Å²) in [7, 11) is -3.40. The Labute approximate surface area is 202 Å². The standard InChI is InChI=1S/C24H24ClF2N3O3S/c1-34(32,33)30-17-6-8-24(13-17,23-28-9-7-18(14-25)29-23)12-15-2-5-21(27)20(10-15)19-4-3-16(26)11-22(19)31/h2-5,7,9-11,17,30-31H,6,8,12-14H2,1H3/t17-,24+/m0/s1. The average Bonchev–Trinajstić information content (AvgIpc) is 3.17. The van der Waals surface area contributed by atoms with Gasteiger partial charge >= 0.3 is 0 Å². The third kappa shape index (κ3) is 5.37. The highest BCUT2D eigenvalue weighted by Gasteiger charge is 2.44. The van der Waals surface area contributed by atoms with Gasteiger partial charge in [0.1, 0.15) is 23.2 Å². The third-order valence-electron chi connectivity index (χ3n) is 6.14. The van der Waals surface area contributed by atoms with Crippen molar-refractivity contribution in [3.8, 4) is 16.9 Å². The van der Waals surface area contributed by atoms with E-state index in [-0.39, 0.29) is 28.8 Å². The molecule has 2 N–H and O–H groups in total. The summed E-state index contributed by atoms with van der Waals surface area (Å²) in [6.45, 7) is 0. The maximum absolute atomic E-state index is 14.7. The molecule has 4 rings (SSSR count). The van der Waals surface area contributed by atoms with Gasteiger partial charge in [-0.15, -0.1) is 11.6 Å². The molecule has 0 radical (unpaired) electrons. The Hall–Kier alpha value is -2.62. The van der Waals surface area contributed by atoms with Crippen molar-refractivity contribution in [3.05, 3.63) is 77.4 Å². The topological polar surface area (TPSA) is 92.2 Å². The molecular formula is C24H24ClF2N3O3S. The molecule has 2 atom stereocenters. The lowest BCUT2D eigenvalue weighted by Gasteiger charge is -2.29. The molecule has 1 aromatic heterocycles. The van der Waals surface area contributed by atoms with Crippen molar-refractivity contribution in [1.82, 2.24) is 14.7 Å². The van der Waals surface area contributed by atoms with E-state index in [0.29, 0.717) is 37.2 Å². The van der Waals surface area contributed by atoms with Crippen molar-refractivity contribution < 1.29 is 22.3 Å². The number of alkyl halides is 1. The average molecular weight is 508 g/mol. The second-order valence-corrected chi connectivity index (χ2v) is 10.8. The number of nitrogens with zero attached hydrogens (tertiary/aromatic N) is 2. The SMILES string of the molecule is CS(=O)(=O)N[C@H]1CC[C@](Cc2ccc(F)c(-c3ccc(F)cc3O)c2)(c2nccc(CCl)n2)C1. The largest absolute Gasteiger partial charge is 0.507 e. The van der Waals surface area contributed by atoms with Crippen LogP contribution in [0, 0.1) is 11.6 Å². The Kier molecular flexibility index (Phi) is 6.89. The fraction of sp³-hybridized carbons (Fsp3) is 0.333. The second kappa shape index (κ2) is 9.56. The number of aromatic nitrogens is 2. The van der Waals surface area contributed by atoms with Gasteiger partial charge in [0.05, 0.1) is 17.8 Å². The molecule has 6 nitrogen and oxygen atoms in total. The van der Waals surface area contributed by atoms with Crippen molar-refractivity contribution in [2.24, 2.45) is 0 Å². The van der Waals surface area contributed by atoms with Crippen LogP contribution in [-0.2, 0) is 27.7 Å². The van der Waals surface area contributed by atoms with Crippen LogP contribution in [0.25, 0.3) is 11.1 Å². The molecular weight excluding hydrogens is 484 g/mol. The zero-order valence-electron chi connectivity index (χ0n) is 18.4. The summed E-state index contributed by atoms with van der Waals surface area (Å²) in [4.78, 5) is 9.11. The van der Waals surface area contributed by atoms with Gasteiger partial charge in [-0.2, -0.15) is 0 Å². The summed E-state index contributed by atoms with van der Waals surface area (Å²) in [5, 5.41) is 10.2. The molecule has 0 aliphatic heterocycles. The molecule has 1 aliphatic carbocycles. The van der Waals surface area contributed by atoms with E-state index in [1.807, 2.05) is 0 Å². The first-order chi connectivity index (χ1) is 16.1. The van der Waals surface area contributed by atoms with E-state index < -0.39 is 27.1 Å². The zero-order chi connectivity index (χ0) is 24.5. The maximum atomic E-state index is 14.7. The molecule has 3 aromatic rings. The fourth-order valence-electron chi connectivity index (χ4n) is 4.71. The van der Waals surface area contributed by atoms with Crippen LogP contribution in [-0.4, -0.2) is 35.8 Å². The van der Waals surface area contributed by atoms with E-state index in [2.05, 4.69) is 14.7 Å². The maximum Gasteiger partial charge on any atom is 0.208 e. The van der Waals surface area contributed by atoms with Crippen LogP contribution in [0.15, 0.2) is 48.7 Å². The van der Waals surface area contributed by atoms with Crippen molar-refractivity contribution in [3.63, 3.8) is 0 Å². The Morgan fingerprint density at radius 2 is 1.97 bits per heavy atom. The lowest BCUT2D eigenvalue weighted by molar-refractivity contribution is 0.398. The Morgan fingerprint density at radius 1 is 1.18 bits per heavy atom. The number of halogens is 3. The normalized spacial score (nSPS) is 20.5. The molecule has 2 aromatic carbocycles. The van der Waals surface area contributed by atoms with Crippen LogP contribution in [0.1, 0.15) is 36.3 Å². The van der Waals surface area contributed by atoms with Gasteiger partial charge in [0, 0.05) is 34.8 Å². The smallest absolute Gasteiger partial charge is 0.208 e. The lowest BCUT2D eigenvalue weighted by atomic mass is 9.78. The van der Waals surface area contributed by atoms with Crippen LogP contribution in [0.2, 0.25) is 0 Å². The zero-order valence-corrected chi connectivity index (χ0v) is 20.0. The molecule has 1 fully saturated rings. The molecule has 1 heterocycles. The van der Waals surface area contributed by atoms with Gasteiger partial charge in [-0.1, -0.05) is 6.07 Å². The summed E-state index contributed by atoms with van der Waals surface area (Å²) in [6, 6.07) is 9.42. The van der Waals surface area contributed by atoms with Crippen molar-refractivity contribution in [2.75, 3.05) is 6.26 Å². The molecule has 34 heavy (non-hydrogen) atoms. The van der Waals surface area contributed by atoms with Gasteiger partial charge < -0.3 is 5.11 Å². The Bertz CT molecular complexity index is 1320. The fourth-order valence-corrected chi connectivity index (χ4v) is 5.67. The Morgan fingerprint density at radius 3 is 2.68 bits per heavy atom. The molecule has 0 unspecified atom stereocenters. The Balaban J connectivity index is 1.74. The van der Waals surface area contributed by atoms with Gasteiger partial charge in [0.25, 0.3) is 0 Å². The first kappa shape index (κ1) is 24.5. The van der Waals surface area contributed by atoms with Crippen LogP contribution in [0.5, 0.6) is 5.75 Å². The van der Waals surface area contributed by atoms with Crippen molar-refractivity contribution >= 4 is 21.6 Å². The summed E-state index contributed by atoms with van der Waals surface area (Å²) >= 11 is 5.98. The summed E-state index contributed by atoms with van der Waals surface area (Å²) in [5.41, 5.74) is 1.12. The van der Waals surface area contributed by atoms with E-state index >= 15 is 0 Å². The minimum Gasteiger partial charge on any atom is -0.507 e. The minimum absolute atomic E-state index is 0.143. The van der Waals surface area contributed by atoms with E-state index in [1.54, 1.807) is 24.4 Å². The highest BCUT2D eigenvalue weighted by atomic mass is 35.5. The van der Waals surface area contributed by atoms with Crippen molar-refractivity contribution in [2.45, 2.75) is 43.0 Å². The van der Waals surface area contributed by atoms with E-state index in [1.165, 1.54) is 12.1 Å². The summed E-state index contributed by atoms with van der Waals surface area (Å²) < 4.78 is 54.5. The molecule has 0 bridgehead atoms. The van der Waals surface area contributed by atoms with Crippen LogP contribution in [0.3, 0.4) is 0 Å². The molecule has 1 saturated carbocycles. The number of sulfonamides is 1. The number of rotatable bonds is 7. The highest BCUT2D eigenvalue weighted by Crippen LogP contribution is 2.43. The van der Waals surface area contributed by atoms with Gasteiger partial charge in [0.15, 0.2) is 0 Å². The first-order valence-corrected chi connectivity index (χ1v) is 13.1. The van der Waals surface area contributed by atoms with Gasteiger partial charge in [-0.05, 0) is 61.6 Å². The van der Waals surface area contributed by atoms with E-state index in [9.17, 15) is 22.3 Å². The second-order valence-electron chi connectivity index (χ2n) is 8.77. The number of hydrogen-bond acceptors (Lipinski definition) is 5. The monoisotopic (exact) mass is 507 g/mol. The predicted octanol–water partition coefficient (Wildman–Crippen LogP) is 4.45. The molecule has 1 aliphatic rings. The van der Waals surface area contributed by atoms with Gasteiger partial charge in [0.2, 0.25) is 10.0 Å². The van der Waals surface area contributed by atoms with E-state index in [4.69, 9.17) is 11.6 Å². The number of phenols is 1. The number of hydrogen-bond donors (Lipinski definition) is 2. The van der Waals surface area contributed by atoms with Crippen LogP contribution < -0.4 is 4.72 Å². The number of benzene rings is 2. The van der Waals surface area contributed by atoms with Crippen LogP contribution >= 0.6 is 11.6 Å². The highest BCUT2D eigenvalue weighted by molar-refractivity contribution is 7.88. The number of aromatic hydroxyl groups is 1. The van der Waals surface area contributed by atoms with Crippen LogP contribution in [0.4, 0.5) is 8.78 Å². The summed E-state index contributed by atoms with van der Waals surface area (Å²) in [6.07, 6.45) is 4.83. The number of phenolic OH excluding ortho intramolecular Hbond substituents is 1. The molecule has 180 valence electrons. The quantitative estimate of drug-likeness (QED) is 0.461. The van der Waals surface area contributed by atoms with Gasteiger partial charge in [-0.25, -0.2) is 31.9 Å². The molecule has 10 heteroatoms. The summed E-state index contributed by atoms with van der Waals surface area (Å²) in [5.74, 6) is -0.769. The van der Waals surface area contributed by atoms with Crippen molar-refractivity contribution in [1.29, 1.82) is 0 Å². The predicted molar refractivity (Wildman–Crippen MR) is 126 cm³/mol. The first-order valence-electron chi connectivity index (χ1n) is 10.7. The minimum atomic E-state index is -3.40. The number of nitrogens with one attached hydrogen (secondary N) is 1.